The van der Waals surface area contributed by atoms with Gasteiger partial charge in [0.2, 0.25) is 5.78 Å². The van der Waals surface area contributed by atoms with Crippen LogP contribution in [0.4, 0.5) is 0 Å². The number of Topliss-reactive ketones (excluding diaryl/α,β-unsaturated/α-hetero) is 1. The minimum atomic E-state index is -0.161. The molecule has 0 spiro atoms. The Kier molecular flexibility index (Phi) is 6.87. The quantitative estimate of drug-likeness (QED) is 0.203. The molecule has 0 heterocycles. The molecule has 0 unspecified atom stereocenters. The normalized spacial score (nSPS) is 8.00. The van der Waals surface area contributed by atoms with E-state index in [4.69, 9.17) is 0 Å². The van der Waals surface area contributed by atoms with E-state index in [1.807, 2.05) is 0 Å². The molecule has 0 aliphatic rings. The van der Waals surface area contributed by atoms with Gasteiger partial charge in [0.15, 0.2) is 0 Å². The Balaban J connectivity index is 3.56. The number of ketones is 1. The molecule has 0 aliphatic carbocycles. The van der Waals surface area contributed by atoms with Gasteiger partial charge in [-0.05, 0) is 12.3 Å². The molecule has 0 radical (unpaired) electrons. The van der Waals surface area contributed by atoms with Crippen LogP contribution in [0.2, 0.25) is 0 Å². The lowest BCUT2D eigenvalue weighted by atomic mass is 10.2. The molecule has 0 atom stereocenters. The van der Waals surface area contributed by atoms with Gasteiger partial charge in [0.05, 0.1) is 0 Å². The zero-order chi connectivity index (χ0) is 9.23. The number of allylic oxidation sites excluding steroid dienone is 1. The summed E-state index contributed by atoms with van der Waals surface area (Å²) in [6, 6.07) is 0. The third kappa shape index (κ3) is 6.76. The van der Waals surface area contributed by atoms with Crippen LogP contribution in [-0.4, -0.2) is 12.1 Å². The van der Waals surface area contributed by atoms with E-state index < -0.39 is 0 Å². The highest BCUT2D eigenvalue weighted by Gasteiger charge is 1.93. The number of hydrogen-bond donors (Lipinski definition) is 0. The Hall–Kier alpha value is -1.36. The minimum Gasteiger partial charge on any atom is -0.303 e. The van der Waals surface area contributed by atoms with Crippen molar-refractivity contribution in [2.45, 2.75) is 25.7 Å². The van der Waals surface area contributed by atoms with Crippen molar-refractivity contribution in [2.75, 3.05) is 0 Å². The van der Waals surface area contributed by atoms with E-state index in [9.17, 15) is 9.59 Å². The summed E-state index contributed by atoms with van der Waals surface area (Å²) in [6.07, 6.45) is 4.46. The fourth-order valence-electron chi connectivity index (χ4n) is 0.588. The predicted octanol–water partition coefficient (Wildman–Crippen LogP) is 1.50. The fourth-order valence-corrected chi connectivity index (χ4v) is 0.588. The first-order valence-corrected chi connectivity index (χ1v) is 3.87. The van der Waals surface area contributed by atoms with E-state index in [0.29, 0.717) is 6.42 Å². The molecular formula is C10H12O2. The maximum Gasteiger partial charge on any atom is 0.205 e. The molecule has 0 aliphatic heterocycles. The average molecular weight is 164 g/mol. The van der Waals surface area contributed by atoms with Gasteiger partial charge in [0.1, 0.15) is 6.29 Å². The van der Waals surface area contributed by atoms with E-state index in [0.717, 1.165) is 12.7 Å². The van der Waals surface area contributed by atoms with Crippen molar-refractivity contribution in [1.29, 1.82) is 0 Å². The second-order valence-corrected chi connectivity index (χ2v) is 2.26. The summed E-state index contributed by atoms with van der Waals surface area (Å²) in [7, 11) is 0. The van der Waals surface area contributed by atoms with Crippen LogP contribution in [0.25, 0.3) is 0 Å². The molecule has 2 heteroatoms. The highest BCUT2D eigenvalue weighted by atomic mass is 16.1. The number of rotatable bonds is 5. The highest BCUT2D eigenvalue weighted by Crippen LogP contribution is 1.88. The van der Waals surface area contributed by atoms with Crippen LogP contribution in [0.3, 0.4) is 0 Å². The number of unbranched alkanes of at least 4 members (excludes halogenated alkanes) is 1. The molecule has 12 heavy (non-hydrogen) atoms. The standard InChI is InChI=1S/C10H12O2/c1-2-3-4-5-7-10(12)8-6-9-11/h2,9H,1,3-4,6,8H2. The van der Waals surface area contributed by atoms with Crippen LogP contribution in [0.1, 0.15) is 25.7 Å². The minimum absolute atomic E-state index is 0.161. The number of hydrogen-bond acceptors (Lipinski definition) is 2. The molecule has 0 N–H and O–H groups in total. The maximum absolute atomic E-state index is 10.8. The zero-order valence-electron chi connectivity index (χ0n) is 7.01. The van der Waals surface area contributed by atoms with E-state index in [-0.39, 0.29) is 18.6 Å². The molecule has 0 saturated carbocycles. The summed E-state index contributed by atoms with van der Waals surface area (Å²) in [6.45, 7) is 3.53. The second-order valence-electron chi connectivity index (χ2n) is 2.26. The molecule has 0 amide bonds. The molecule has 0 saturated heterocycles. The average Bonchev–Trinajstić information content (AvgIpc) is 2.09. The van der Waals surface area contributed by atoms with Gasteiger partial charge in [0, 0.05) is 19.3 Å². The van der Waals surface area contributed by atoms with Crippen molar-refractivity contribution in [3.63, 3.8) is 0 Å². The molecular weight excluding hydrogens is 152 g/mol. The Bertz CT molecular complexity index is 218. The molecule has 0 aromatic heterocycles. The van der Waals surface area contributed by atoms with Crippen molar-refractivity contribution in [1.82, 2.24) is 0 Å². The first-order valence-electron chi connectivity index (χ1n) is 3.87. The van der Waals surface area contributed by atoms with Crippen molar-refractivity contribution in [3.05, 3.63) is 12.7 Å². The van der Waals surface area contributed by atoms with E-state index in [1.54, 1.807) is 6.08 Å². The van der Waals surface area contributed by atoms with Crippen LogP contribution in [0.15, 0.2) is 12.7 Å². The Morgan fingerprint density at radius 1 is 1.42 bits per heavy atom. The van der Waals surface area contributed by atoms with Gasteiger partial charge in [-0.25, -0.2) is 0 Å². The molecule has 0 aromatic carbocycles. The molecule has 0 aromatic rings. The Morgan fingerprint density at radius 3 is 2.75 bits per heavy atom. The highest BCUT2D eigenvalue weighted by molar-refractivity contribution is 5.96. The van der Waals surface area contributed by atoms with Crippen LogP contribution in [-0.2, 0) is 9.59 Å². The topological polar surface area (TPSA) is 34.1 Å². The molecule has 2 nitrogen and oxygen atoms in total. The summed E-state index contributed by atoms with van der Waals surface area (Å²) in [5, 5.41) is 0. The summed E-state index contributed by atoms with van der Waals surface area (Å²) in [5.74, 6) is 5.00. The predicted molar refractivity (Wildman–Crippen MR) is 47.5 cm³/mol. The van der Waals surface area contributed by atoms with Crippen LogP contribution in [0, 0.1) is 11.8 Å². The lowest BCUT2D eigenvalue weighted by Gasteiger charge is -1.83. The Labute approximate surface area is 72.7 Å². The smallest absolute Gasteiger partial charge is 0.205 e. The van der Waals surface area contributed by atoms with Gasteiger partial charge in [0.25, 0.3) is 0 Å². The van der Waals surface area contributed by atoms with E-state index in [1.165, 1.54) is 0 Å². The third-order valence-electron chi connectivity index (χ3n) is 1.19. The van der Waals surface area contributed by atoms with Crippen LogP contribution < -0.4 is 0 Å². The van der Waals surface area contributed by atoms with Gasteiger partial charge in [-0.15, -0.1) is 6.58 Å². The SMILES string of the molecule is C=CCCC#CC(=O)CCC=O. The van der Waals surface area contributed by atoms with E-state index in [2.05, 4.69) is 18.4 Å². The number of aldehydes is 1. The molecule has 0 bridgehead atoms. The molecule has 0 fully saturated rings. The van der Waals surface area contributed by atoms with Gasteiger partial charge >= 0.3 is 0 Å². The molecule has 0 rings (SSSR count). The summed E-state index contributed by atoms with van der Waals surface area (Å²) in [5.41, 5.74) is 0. The first kappa shape index (κ1) is 10.6. The van der Waals surface area contributed by atoms with Gasteiger partial charge < -0.3 is 4.79 Å². The fraction of sp³-hybridized carbons (Fsp3) is 0.400. The summed E-state index contributed by atoms with van der Waals surface area (Å²) < 4.78 is 0. The second kappa shape index (κ2) is 7.74. The van der Waals surface area contributed by atoms with Crippen molar-refractivity contribution >= 4 is 12.1 Å². The first-order chi connectivity index (χ1) is 5.81. The van der Waals surface area contributed by atoms with Gasteiger partial charge in [-0.2, -0.15) is 0 Å². The van der Waals surface area contributed by atoms with Crippen LogP contribution >= 0.6 is 0 Å². The van der Waals surface area contributed by atoms with Gasteiger partial charge in [-0.1, -0.05) is 12.0 Å². The summed E-state index contributed by atoms with van der Waals surface area (Å²) >= 11 is 0. The zero-order valence-corrected chi connectivity index (χ0v) is 7.01. The van der Waals surface area contributed by atoms with Gasteiger partial charge in [-0.3, -0.25) is 4.79 Å². The number of carbonyl (C=O) groups excluding carboxylic acids is 2. The number of carbonyl (C=O) groups is 2. The lowest BCUT2D eigenvalue weighted by Crippen LogP contribution is -1.92. The largest absolute Gasteiger partial charge is 0.303 e. The van der Waals surface area contributed by atoms with Crippen molar-refractivity contribution < 1.29 is 9.59 Å². The lowest BCUT2D eigenvalue weighted by molar-refractivity contribution is -0.116. The van der Waals surface area contributed by atoms with Crippen molar-refractivity contribution in [2.24, 2.45) is 0 Å². The maximum atomic E-state index is 10.8. The Morgan fingerprint density at radius 2 is 2.17 bits per heavy atom. The molecule has 64 valence electrons. The summed E-state index contributed by atoms with van der Waals surface area (Å²) in [4.78, 5) is 20.7. The van der Waals surface area contributed by atoms with E-state index >= 15 is 0 Å². The monoisotopic (exact) mass is 164 g/mol. The third-order valence-corrected chi connectivity index (χ3v) is 1.19. The van der Waals surface area contributed by atoms with Crippen molar-refractivity contribution in [3.8, 4) is 11.8 Å². The van der Waals surface area contributed by atoms with Crippen LogP contribution in [0.5, 0.6) is 0 Å².